The van der Waals surface area contributed by atoms with Gasteiger partial charge in [-0.25, -0.2) is 4.68 Å². The van der Waals surface area contributed by atoms with Crippen molar-refractivity contribution >= 4 is 23.0 Å². The normalized spacial score (nSPS) is 10.5. The largest absolute Gasteiger partial charge is 0.380 e. The average Bonchev–Trinajstić information content (AvgIpc) is 2.69. The van der Waals surface area contributed by atoms with Gasteiger partial charge in [-0.2, -0.15) is 5.10 Å². The van der Waals surface area contributed by atoms with Gasteiger partial charge in [0.1, 0.15) is 11.4 Å². The maximum absolute atomic E-state index is 11.3. The molecule has 0 atom stereocenters. The molecule has 0 radical (unpaired) electrons. The van der Waals surface area contributed by atoms with E-state index in [1.807, 2.05) is 6.92 Å². The molecule has 6 nitrogen and oxygen atoms in total. The summed E-state index contributed by atoms with van der Waals surface area (Å²) in [7, 11) is 0. The average molecular weight is 281 g/mol. The van der Waals surface area contributed by atoms with Crippen LogP contribution in [-0.2, 0) is 0 Å². The molecule has 1 aromatic carbocycles. The molecule has 1 aromatic heterocycles. The van der Waals surface area contributed by atoms with Crippen LogP contribution in [0.3, 0.4) is 0 Å². The number of benzene rings is 1. The van der Waals surface area contributed by atoms with E-state index in [4.69, 9.17) is 11.6 Å². The molecular formula is C12H13ClN4O2. The van der Waals surface area contributed by atoms with Crippen LogP contribution in [0.5, 0.6) is 0 Å². The monoisotopic (exact) mass is 280 g/mol. The van der Waals surface area contributed by atoms with Crippen LogP contribution >= 0.6 is 11.6 Å². The van der Waals surface area contributed by atoms with Gasteiger partial charge in [-0.05, 0) is 26.0 Å². The third kappa shape index (κ3) is 2.53. The summed E-state index contributed by atoms with van der Waals surface area (Å²) in [6.45, 7) is 4.23. The van der Waals surface area contributed by atoms with E-state index in [9.17, 15) is 10.1 Å². The molecule has 0 saturated carbocycles. The lowest BCUT2D eigenvalue weighted by molar-refractivity contribution is -0.383. The molecule has 0 saturated heterocycles. The van der Waals surface area contributed by atoms with Gasteiger partial charge < -0.3 is 5.32 Å². The summed E-state index contributed by atoms with van der Waals surface area (Å²) in [5.41, 5.74) is 1.47. The zero-order valence-electron chi connectivity index (χ0n) is 10.6. The van der Waals surface area contributed by atoms with Crippen molar-refractivity contribution in [2.45, 2.75) is 13.8 Å². The molecular weight excluding hydrogens is 268 g/mol. The van der Waals surface area contributed by atoms with Crippen molar-refractivity contribution in [3.05, 3.63) is 45.2 Å². The first-order valence-corrected chi connectivity index (χ1v) is 6.15. The summed E-state index contributed by atoms with van der Waals surface area (Å²) in [5, 5.41) is 18.9. The molecule has 0 amide bonds. The Kier molecular flexibility index (Phi) is 3.71. The summed E-state index contributed by atoms with van der Waals surface area (Å²) >= 11 is 5.94. The van der Waals surface area contributed by atoms with Crippen LogP contribution in [0.4, 0.5) is 11.4 Å². The smallest absolute Gasteiger partial charge is 0.317 e. The van der Waals surface area contributed by atoms with Gasteiger partial charge in [0.2, 0.25) is 0 Å². The van der Waals surface area contributed by atoms with Crippen molar-refractivity contribution in [2.75, 3.05) is 11.9 Å². The molecule has 1 N–H and O–H groups in total. The number of rotatable bonds is 4. The number of anilines is 1. The number of nitro benzene ring substituents is 1. The second-order valence-electron chi connectivity index (χ2n) is 3.97. The highest BCUT2D eigenvalue weighted by molar-refractivity contribution is 6.31. The Morgan fingerprint density at radius 2 is 2.26 bits per heavy atom. The van der Waals surface area contributed by atoms with Gasteiger partial charge in [0, 0.05) is 12.7 Å². The first-order chi connectivity index (χ1) is 9.04. The minimum atomic E-state index is -0.418. The maximum atomic E-state index is 11.3. The Morgan fingerprint density at radius 1 is 1.53 bits per heavy atom. The minimum Gasteiger partial charge on any atom is -0.380 e. The summed E-state index contributed by atoms with van der Waals surface area (Å²) in [6.07, 6.45) is 1.56. The first kappa shape index (κ1) is 13.4. The molecule has 19 heavy (non-hydrogen) atoms. The Bertz CT molecular complexity index is 605. The molecule has 0 bridgehead atoms. The number of hydrogen-bond acceptors (Lipinski definition) is 4. The highest BCUT2D eigenvalue weighted by Crippen LogP contribution is 2.31. The lowest BCUT2D eigenvalue weighted by atomic mass is 10.2. The Morgan fingerprint density at radius 3 is 2.79 bits per heavy atom. The van der Waals surface area contributed by atoms with Gasteiger partial charge in [0.25, 0.3) is 0 Å². The Hall–Kier alpha value is -2.08. The van der Waals surface area contributed by atoms with E-state index < -0.39 is 4.92 Å². The molecule has 0 spiro atoms. The van der Waals surface area contributed by atoms with Crippen LogP contribution in [-0.4, -0.2) is 21.2 Å². The van der Waals surface area contributed by atoms with E-state index in [-0.39, 0.29) is 5.69 Å². The predicted octanol–water partition coefficient (Wildman–Crippen LogP) is 3.17. The van der Waals surface area contributed by atoms with Crippen molar-refractivity contribution in [3.63, 3.8) is 0 Å². The molecule has 100 valence electrons. The van der Waals surface area contributed by atoms with Crippen molar-refractivity contribution in [1.29, 1.82) is 0 Å². The van der Waals surface area contributed by atoms with Crippen molar-refractivity contribution in [3.8, 4) is 5.69 Å². The maximum Gasteiger partial charge on any atom is 0.317 e. The summed E-state index contributed by atoms with van der Waals surface area (Å²) in [6, 6.07) is 5.05. The highest BCUT2D eigenvalue weighted by atomic mass is 35.5. The Labute approximate surface area is 115 Å². The number of nitrogens with zero attached hydrogens (tertiary/aromatic N) is 3. The van der Waals surface area contributed by atoms with Gasteiger partial charge in [0.15, 0.2) is 0 Å². The molecule has 1 heterocycles. The van der Waals surface area contributed by atoms with Crippen LogP contribution in [0.1, 0.15) is 12.6 Å². The van der Waals surface area contributed by atoms with Crippen molar-refractivity contribution < 1.29 is 4.92 Å². The van der Waals surface area contributed by atoms with E-state index in [0.29, 0.717) is 28.6 Å². The van der Waals surface area contributed by atoms with Crippen molar-refractivity contribution in [2.24, 2.45) is 0 Å². The summed E-state index contributed by atoms with van der Waals surface area (Å²) in [4.78, 5) is 10.9. The molecule has 0 aliphatic heterocycles. The number of aromatic nitrogens is 2. The number of aryl methyl sites for hydroxylation is 1. The molecule has 0 aliphatic rings. The number of halogens is 1. The zero-order valence-corrected chi connectivity index (χ0v) is 11.3. The highest BCUT2D eigenvalue weighted by Gasteiger charge is 2.21. The lowest BCUT2D eigenvalue weighted by Crippen LogP contribution is -2.06. The second-order valence-corrected chi connectivity index (χ2v) is 4.37. The van der Waals surface area contributed by atoms with Gasteiger partial charge in [0.05, 0.1) is 15.6 Å². The Balaban J connectivity index is 2.62. The lowest BCUT2D eigenvalue weighted by Gasteiger charge is -2.08. The van der Waals surface area contributed by atoms with Gasteiger partial charge in [-0.1, -0.05) is 17.7 Å². The van der Waals surface area contributed by atoms with Gasteiger partial charge >= 0.3 is 5.69 Å². The van der Waals surface area contributed by atoms with Crippen LogP contribution < -0.4 is 5.32 Å². The van der Waals surface area contributed by atoms with E-state index in [2.05, 4.69) is 10.4 Å². The quantitative estimate of drug-likeness (QED) is 0.689. The molecule has 2 rings (SSSR count). The first-order valence-electron chi connectivity index (χ1n) is 5.78. The molecule has 0 aliphatic carbocycles. The van der Waals surface area contributed by atoms with Gasteiger partial charge in [-0.15, -0.1) is 0 Å². The van der Waals surface area contributed by atoms with Crippen LogP contribution in [0.15, 0.2) is 24.4 Å². The fourth-order valence-corrected chi connectivity index (χ4v) is 1.93. The van der Waals surface area contributed by atoms with E-state index >= 15 is 0 Å². The van der Waals surface area contributed by atoms with Gasteiger partial charge in [-0.3, -0.25) is 10.1 Å². The standard InChI is InChI=1S/C12H13ClN4O2/c1-3-14-10-5-4-6-11(12(10)17(18)19)16-7-9(13)8(2)15-16/h4-7,14H,3H2,1-2H3. The molecule has 7 heteroatoms. The summed E-state index contributed by atoms with van der Waals surface area (Å²) < 4.78 is 1.43. The predicted molar refractivity (Wildman–Crippen MR) is 74.1 cm³/mol. The van der Waals surface area contributed by atoms with Crippen LogP contribution in [0.2, 0.25) is 5.02 Å². The van der Waals surface area contributed by atoms with Crippen molar-refractivity contribution in [1.82, 2.24) is 9.78 Å². The second kappa shape index (κ2) is 5.27. The van der Waals surface area contributed by atoms with E-state index in [0.717, 1.165) is 0 Å². The topological polar surface area (TPSA) is 73.0 Å². The summed E-state index contributed by atoms with van der Waals surface area (Å²) in [5.74, 6) is 0. The molecule has 0 fully saturated rings. The van der Waals surface area contributed by atoms with Crippen LogP contribution in [0, 0.1) is 17.0 Å². The fraction of sp³-hybridized carbons (Fsp3) is 0.250. The SMILES string of the molecule is CCNc1cccc(-n2cc(Cl)c(C)n2)c1[N+](=O)[O-]. The number of hydrogen-bond donors (Lipinski definition) is 1. The number of nitro groups is 1. The fourth-order valence-electron chi connectivity index (χ4n) is 1.80. The van der Waals surface area contributed by atoms with E-state index in [1.54, 1.807) is 31.3 Å². The number of para-hydroxylation sites is 1. The van der Waals surface area contributed by atoms with Crippen LogP contribution in [0.25, 0.3) is 5.69 Å². The zero-order chi connectivity index (χ0) is 14.0. The number of nitrogens with one attached hydrogen (secondary N) is 1. The van der Waals surface area contributed by atoms with E-state index in [1.165, 1.54) is 4.68 Å². The molecule has 0 unspecified atom stereocenters. The third-order valence-corrected chi connectivity index (χ3v) is 3.02. The minimum absolute atomic E-state index is 0.0106. The third-order valence-electron chi connectivity index (χ3n) is 2.65. The molecule has 2 aromatic rings.